The van der Waals surface area contributed by atoms with Gasteiger partial charge in [-0.3, -0.25) is 4.79 Å². The second-order valence-electron chi connectivity index (χ2n) is 4.00. The zero-order chi connectivity index (χ0) is 12.1. The Morgan fingerprint density at radius 1 is 1.47 bits per heavy atom. The van der Waals surface area contributed by atoms with E-state index in [0.717, 1.165) is 38.5 Å². The standard InChI is InChI=1S/C12H18N4O/c1-2-14-11-4-3-10(9-15-11)12(17)16-7-5-13-6-8-16/h3-4,9,13H,2,5-8H2,1H3,(H,14,15). The van der Waals surface area contributed by atoms with Crippen LogP contribution >= 0.6 is 0 Å². The average molecular weight is 234 g/mol. The van der Waals surface area contributed by atoms with Gasteiger partial charge in [0.25, 0.3) is 5.91 Å². The van der Waals surface area contributed by atoms with E-state index >= 15 is 0 Å². The van der Waals surface area contributed by atoms with Crippen molar-refractivity contribution < 1.29 is 4.79 Å². The third kappa shape index (κ3) is 2.94. The highest BCUT2D eigenvalue weighted by molar-refractivity contribution is 5.94. The van der Waals surface area contributed by atoms with E-state index in [1.807, 2.05) is 24.0 Å². The molecule has 17 heavy (non-hydrogen) atoms. The van der Waals surface area contributed by atoms with Crippen LogP contribution in [0.15, 0.2) is 18.3 Å². The highest BCUT2D eigenvalue weighted by Crippen LogP contribution is 2.08. The molecule has 1 aliphatic heterocycles. The van der Waals surface area contributed by atoms with Gasteiger partial charge in [-0.1, -0.05) is 0 Å². The maximum atomic E-state index is 12.1. The van der Waals surface area contributed by atoms with Crippen molar-refractivity contribution in [3.05, 3.63) is 23.9 Å². The van der Waals surface area contributed by atoms with Crippen molar-refractivity contribution in [1.82, 2.24) is 15.2 Å². The van der Waals surface area contributed by atoms with E-state index in [9.17, 15) is 4.79 Å². The van der Waals surface area contributed by atoms with Crippen LogP contribution in [0.1, 0.15) is 17.3 Å². The molecule has 1 aliphatic rings. The molecule has 2 rings (SSSR count). The smallest absolute Gasteiger partial charge is 0.255 e. The number of nitrogens with zero attached hydrogens (tertiary/aromatic N) is 2. The van der Waals surface area contributed by atoms with Crippen molar-refractivity contribution in [1.29, 1.82) is 0 Å². The SMILES string of the molecule is CCNc1ccc(C(=O)N2CCNCC2)cn1. The molecule has 2 heterocycles. The Kier molecular flexibility index (Phi) is 3.93. The van der Waals surface area contributed by atoms with Gasteiger partial charge in [0.2, 0.25) is 0 Å². The molecule has 2 N–H and O–H groups in total. The first kappa shape index (κ1) is 11.9. The number of rotatable bonds is 3. The first-order chi connectivity index (χ1) is 8.31. The molecule has 5 nitrogen and oxygen atoms in total. The van der Waals surface area contributed by atoms with Crippen molar-refractivity contribution in [2.75, 3.05) is 38.0 Å². The van der Waals surface area contributed by atoms with E-state index in [0.29, 0.717) is 5.56 Å². The molecule has 1 fully saturated rings. The van der Waals surface area contributed by atoms with Crippen LogP contribution in [0.5, 0.6) is 0 Å². The highest BCUT2D eigenvalue weighted by Gasteiger charge is 2.17. The Morgan fingerprint density at radius 3 is 2.82 bits per heavy atom. The summed E-state index contributed by atoms with van der Waals surface area (Å²) in [5.41, 5.74) is 0.661. The molecule has 0 aromatic carbocycles. The molecule has 0 radical (unpaired) electrons. The number of nitrogens with one attached hydrogen (secondary N) is 2. The minimum absolute atomic E-state index is 0.0713. The Labute approximate surface area is 101 Å². The van der Waals surface area contributed by atoms with Crippen molar-refractivity contribution in [2.24, 2.45) is 0 Å². The van der Waals surface area contributed by atoms with E-state index < -0.39 is 0 Å². The maximum Gasteiger partial charge on any atom is 0.255 e. The van der Waals surface area contributed by atoms with E-state index in [1.54, 1.807) is 6.20 Å². The second kappa shape index (κ2) is 5.63. The molecule has 92 valence electrons. The molecule has 1 saturated heterocycles. The van der Waals surface area contributed by atoms with Crippen LogP contribution in [0.25, 0.3) is 0 Å². The van der Waals surface area contributed by atoms with E-state index in [-0.39, 0.29) is 5.91 Å². The largest absolute Gasteiger partial charge is 0.370 e. The van der Waals surface area contributed by atoms with Crippen LogP contribution < -0.4 is 10.6 Å². The van der Waals surface area contributed by atoms with Crippen LogP contribution in [-0.4, -0.2) is 48.5 Å². The molecule has 0 atom stereocenters. The van der Waals surface area contributed by atoms with E-state index in [1.165, 1.54) is 0 Å². The number of pyridine rings is 1. The Hall–Kier alpha value is -1.62. The summed E-state index contributed by atoms with van der Waals surface area (Å²) in [4.78, 5) is 18.2. The van der Waals surface area contributed by atoms with Gasteiger partial charge in [0.15, 0.2) is 0 Å². The Balaban J connectivity index is 2.03. The number of hydrogen-bond donors (Lipinski definition) is 2. The average Bonchev–Trinajstić information content (AvgIpc) is 2.40. The predicted molar refractivity (Wildman–Crippen MR) is 67.2 cm³/mol. The van der Waals surface area contributed by atoms with Gasteiger partial charge in [0.05, 0.1) is 5.56 Å². The van der Waals surface area contributed by atoms with Gasteiger partial charge in [0, 0.05) is 38.9 Å². The Morgan fingerprint density at radius 2 is 2.24 bits per heavy atom. The quantitative estimate of drug-likeness (QED) is 0.802. The van der Waals surface area contributed by atoms with Crippen LogP contribution in [0, 0.1) is 0 Å². The van der Waals surface area contributed by atoms with Gasteiger partial charge in [-0.05, 0) is 19.1 Å². The lowest BCUT2D eigenvalue weighted by Crippen LogP contribution is -2.46. The third-order valence-electron chi connectivity index (χ3n) is 2.77. The topological polar surface area (TPSA) is 57.3 Å². The number of hydrogen-bond acceptors (Lipinski definition) is 4. The van der Waals surface area contributed by atoms with Gasteiger partial charge >= 0.3 is 0 Å². The summed E-state index contributed by atoms with van der Waals surface area (Å²) in [6.07, 6.45) is 1.64. The summed E-state index contributed by atoms with van der Waals surface area (Å²) < 4.78 is 0. The molecule has 5 heteroatoms. The zero-order valence-electron chi connectivity index (χ0n) is 10.1. The normalized spacial score (nSPS) is 15.7. The lowest BCUT2D eigenvalue weighted by atomic mass is 10.2. The maximum absolute atomic E-state index is 12.1. The predicted octanol–water partition coefficient (Wildman–Crippen LogP) is 0.559. The minimum Gasteiger partial charge on any atom is -0.370 e. The summed E-state index contributed by atoms with van der Waals surface area (Å²) in [5, 5.41) is 6.33. The first-order valence-corrected chi connectivity index (χ1v) is 6.01. The summed E-state index contributed by atoms with van der Waals surface area (Å²) >= 11 is 0. The summed E-state index contributed by atoms with van der Waals surface area (Å²) in [5.74, 6) is 0.881. The molecular weight excluding hydrogens is 216 g/mol. The summed E-state index contributed by atoms with van der Waals surface area (Å²) in [6.45, 7) is 6.13. The lowest BCUT2D eigenvalue weighted by Gasteiger charge is -2.27. The van der Waals surface area contributed by atoms with Crippen molar-refractivity contribution in [2.45, 2.75) is 6.92 Å². The van der Waals surface area contributed by atoms with Crippen LogP contribution in [-0.2, 0) is 0 Å². The van der Waals surface area contributed by atoms with E-state index in [4.69, 9.17) is 0 Å². The van der Waals surface area contributed by atoms with Crippen LogP contribution in [0.3, 0.4) is 0 Å². The third-order valence-corrected chi connectivity index (χ3v) is 2.77. The number of carbonyl (C=O) groups is 1. The molecule has 1 amide bonds. The van der Waals surface area contributed by atoms with Crippen molar-refractivity contribution >= 4 is 11.7 Å². The molecule has 0 unspecified atom stereocenters. The van der Waals surface area contributed by atoms with Gasteiger partial charge in [-0.15, -0.1) is 0 Å². The second-order valence-corrected chi connectivity index (χ2v) is 4.00. The molecule has 0 spiro atoms. The fourth-order valence-corrected chi connectivity index (χ4v) is 1.86. The number of amides is 1. The fourth-order valence-electron chi connectivity index (χ4n) is 1.86. The Bertz CT molecular complexity index is 371. The number of anilines is 1. The number of aromatic nitrogens is 1. The van der Waals surface area contributed by atoms with Gasteiger partial charge in [-0.2, -0.15) is 0 Å². The summed E-state index contributed by atoms with van der Waals surface area (Å²) in [7, 11) is 0. The monoisotopic (exact) mass is 234 g/mol. The lowest BCUT2D eigenvalue weighted by molar-refractivity contribution is 0.0735. The van der Waals surface area contributed by atoms with Gasteiger partial charge in [0.1, 0.15) is 5.82 Å². The highest BCUT2D eigenvalue weighted by atomic mass is 16.2. The van der Waals surface area contributed by atoms with E-state index in [2.05, 4.69) is 15.6 Å². The van der Waals surface area contributed by atoms with Crippen LogP contribution in [0.2, 0.25) is 0 Å². The molecule has 1 aromatic heterocycles. The molecule has 0 saturated carbocycles. The van der Waals surface area contributed by atoms with Gasteiger partial charge < -0.3 is 15.5 Å². The van der Waals surface area contributed by atoms with Gasteiger partial charge in [-0.25, -0.2) is 4.98 Å². The minimum atomic E-state index is 0.0713. The molecule has 0 aliphatic carbocycles. The first-order valence-electron chi connectivity index (χ1n) is 6.01. The van der Waals surface area contributed by atoms with Crippen LogP contribution in [0.4, 0.5) is 5.82 Å². The number of piperazine rings is 1. The fraction of sp³-hybridized carbons (Fsp3) is 0.500. The summed E-state index contributed by atoms with van der Waals surface area (Å²) in [6, 6.07) is 3.67. The molecular formula is C12H18N4O. The number of carbonyl (C=O) groups excluding carboxylic acids is 1. The zero-order valence-corrected chi connectivity index (χ0v) is 10.1. The van der Waals surface area contributed by atoms with Crippen molar-refractivity contribution in [3.63, 3.8) is 0 Å². The molecule has 0 bridgehead atoms. The molecule has 1 aromatic rings. The van der Waals surface area contributed by atoms with Crippen molar-refractivity contribution in [3.8, 4) is 0 Å².